The SMILES string of the molecule is Cc1ccc(C(=O)O)cc1NC(=O)C1CCCCC1N. The van der Waals surface area contributed by atoms with E-state index in [0.717, 1.165) is 31.2 Å². The molecule has 1 aliphatic carbocycles. The highest BCUT2D eigenvalue weighted by Crippen LogP contribution is 2.25. The molecule has 2 unspecified atom stereocenters. The number of aromatic carboxylic acids is 1. The van der Waals surface area contributed by atoms with Crippen LogP contribution in [0, 0.1) is 12.8 Å². The van der Waals surface area contributed by atoms with Crippen LogP contribution in [0.2, 0.25) is 0 Å². The fourth-order valence-electron chi connectivity index (χ4n) is 2.60. The highest BCUT2D eigenvalue weighted by Gasteiger charge is 2.28. The summed E-state index contributed by atoms with van der Waals surface area (Å²) in [6.07, 6.45) is 3.75. The molecule has 0 radical (unpaired) electrons. The first-order valence-corrected chi connectivity index (χ1v) is 6.89. The first kappa shape index (κ1) is 14.5. The smallest absolute Gasteiger partial charge is 0.335 e. The van der Waals surface area contributed by atoms with Crippen LogP contribution in [-0.4, -0.2) is 23.0 Å². The molecule has 5 heteroatoms. The molecule has 4 N–H and O–H groups in total. The summed E-state index contributed by atoms with van der Waals surface area (Å²) in [5.41, 5.74) is 7.55. The van der Waals surface area contributed by atoms with Crippen molar-refractivity contribution < 1.29 is 14.7 Å². The molecule has 0 saturated heterocycles. The third-order valence-corrected chi connectivity index (χ3v) is 3.90. The first-order valence-electron chi connectivity index (χ1n) is 6.89. The number of benzene rings is 1. The molecule has 1 aliphatic rings. The van der Waals surface area contributed by atoms with Crippen molar-refractivity contribution in [1.29, 1.82) is 0 Å². The maximum Gasteiger partial charge on any atom is 0.335 e. The molecule has 5 nitrogen and oxygen atoms in total. The molecule has 2 rings (SSSR count). The molecule has 1 aromatic carbocycles. The van der Waals surface area contributed by atoms with E-state index in [-0.39, 0.29) is 23.4 Å². The number of anilines is 1. The van der Waals surface area contributed by atoms with Crippen molar-refractivity contribution in [3.8, 4) is 0 Å². The third kappa shape index (κ3) is 3.17. The van der Waals surface area contributed by atoms with Crippen LogP contribution in [-0.2, 0) is 4.79 Å². The van der Waals surface area contributed by atoms with Crippen molar-refractivity contribution >= 4 is 17.6 Å². The number of carboxylic acid groups (broad SMARTS) is 1. The fraction of sp³-hybridized carbons (Fsp3) is 0.467. The molecule has 1 saturated carbocycles. The number of aryl methyl sites for hydroxylation is 1. The van der Waals surface area contributed by atoms with Crippen molar-refractivity contribution in [3.63, 3.8) is 0 Å². The van der Waals surface area contributed by atoms with Crippen LogP contribution in [0.1, 0.15) is 41.6 Å². The molecule has 1 amide bonds. The maximum atomic E-state index is 12.3. The number of carbonyl (C=O) groups excluding carboxylic acids is 1. The van der Waals surface area contributed by atoms with E-state index >= 15 is 0 Å². The molecule has 0 heterocycles. The molecule has 0 bridgehead atoms. The standard InChI is InChI=1S/C15H20N2O3/c1-9-6-7-10(15(19)20)8-13(9)17-14(18)11-4-2-3-5-12(11)16/h6-8,11-12H,2-5,16H2,1H3,(H,17,18)(H,19,20). The molecule has 1 fully saturated rings. The van der Waals surface area contributed by atoms with Gasteiger partial charge in [-0.05, 0) is 37.5 Å². The normalized spacial score (nSPS) is 22.3. The monoisotopic (exact) mass is 276 g/mol. The molecule has 0 aliphatic heterocycles. The second-order valence-electron chi connectivity index (χ2n) is 5.38. The zero-order valence-electron chi connectivity index (χ0n) is 11.6. The minimum absolute atomic E-state index is 0.105. The number of carboxylic acids is 1. The summed E-state index contributed by atoms with van der Waals surface area (Å²) in [6.45, 7) is 1.84. The van der Waals surface area contributed by atoms with E-state index in [2.05, 4.69) is 5.32 Å². The average molecular weight is 276 g/mol. The van der Waals surface area contributed by atoms with E-state index in [0.29, 0.717) is 5.69 Å². The molecular weight excluding hydrogens is 256 g/mol. The maximum absolute atomic E-state index is 12.3. The van der Waals surface area contributed by atoms with Gasteiger partial charge in [0, 0.05) is 11.7 Å². The topological polar surface area (TPSA) is 92.4 Å². The number of rotatable bonds is 3. The Morgan fingerprint density at radius 3 is 2.65 bits per heavy atom. The molecular formula is C15H20N2O3. The highest BCUT2D eigenvalue weighted by atomic mass is 16.4. The predicted octanol–water partition coefficient (Wildman–Crippen LogP) is 2.15. The van der Waals surface area contributed by atoms with E-state index in [1.165, 1.54) is 12.1 Å². The fourth-order valence-corrected chi connectivity index (χ4v) is 2.60. The van der Waals surface area contributed by atoms with Crippen LogP contribution in [0.5, 0.6) is 0 Å². The van der Waals surface area contributed by atoms with E-state index < -0.39 is 5.97 Å². The minimum Gasteiger partial charge on any atom is -0.478 e. The number of amides is 1. The van der Waals surface area contributed by atoms with Gasteiger partial charge in [0.25, 0.3) is 0 Å². The zero-order chi connectivity index (χ0) is 14.7. The predicted molar refractivity (Wildman–Crippen MR) is 76.7 cm³/mol. The molecule has 0 aromatic heterocycles. The summed E-state index contributed by atoms with van der Waals surface area (Å²) in [6, 6.07) is 4.61. The summed E-state index contributed by atoms with van der Waals surface area (Å²) in [5.74, 6) is -1.30. The third-order valence-electron chi connectivity index (χ3n) is 3.90. The lowest BCUT2D eigenvalue weighted by Crippen LogP contribution is -2.40. The Balaban J connectivity index is 2.14. The number of hydrogen-bond donors (Lipinski definition) is 3. The first-order chi connectivity index (χ1) is 9.49. The van der Waals surface area contributed by atoms with E-state index in [1.807, 2.05) is 6.92 Å². The van der Waals surface area contributed by atoms with Crippen molar-refractivity contribution in [2.45, 2.75) is 38.6 Å². The quantitative estimate of drug-likeness (QED) is 0.788. The highest BCUT2D eigenvalue weighted by molar-refractivity contribution is 5.96. The van der Waals surface area contributed by atoms with Gasteiger partial charge < -0.3 is 16.2 Å². The van der Waals surface area contributed by atoms with Gasteiger partial charge >= 0.3 is 5.97 Å². The van der Waals surface area contributed by atoms with Gasteiger partial charge in [-0.15, -0.1) is 0 Å². The van der Waals surface area contributed by atoms with Gasteiger partial charge in [-0.2, -0.15) is 0 Å². The largest absolute Gasteiger partial charge is 0.478 e. The lowest BCUT2D eigenvalue weighted by Gasteiger charge is -2.27. The molecule has 0 spiro atoms. The van der Waals surface area contributed by atoms with Crippen LogP contribution < -0.4 is 11.1 Å². The molecule has 2 atom stereocenters. The van der Waals surface area contributed by atoms with Crippen molar-refractivity contribution in [2.24, 2.45) is 11.7 Å². The Morgan fingerprint density at radius 1 is 1.30 bits per heavy atom. The van der Waals surface area contributed by atoms with Gasteiger partial charge in [0.15, 0.2) is 0 Å². The summed E-state index contributed by atoms with van der Waals surface area (Å²) in [4.78, 5) is 23.2. The number of hydrogen-bond acceptors (Lipinski definition) is 3. The van der Waals surface area contributed by atoms with Crippen LogP contribution in [0.25, 0.3) is 0 Å². The number of nitrogens with one attached hydrogen (secondary N) is 1. The lowest BCUT2D eigenvalue weighted by atomic mass is 9.84. The Labute approximate surface area is 118 Å². The van der Waals surface area contributed by atoms with Gasteiger partial charge in [-0.25, -0.2) is 4.79 Å². The second-order valence-corrected chi connectivity index (χ2v) is 5.38. The molecule has 1 aromatic rings. The summed E-state index contributed by atoms with van der Waals surface area (Å²) in [5, 5.41) is 11.8. The Kier molecular flexibility index (Phi) is 4.39. The van der Waals surface area contributed by atoms with Crippen molar-refractivity contribution in [2.75, 3.05) is 5.32 Å². The number of carbonyl (C=O) groups is 2. The van der Waals surface area contributed by atoms with Gasteiger partial charge in [0.1, 0.15) is 0 Å². The van der Waals surface area contributed by atoms with Gasteiger partial charge in [-0.3, -0.25) is 4.79 Å². The Bertz CT molecular complexity index is 528. The van der Waals surface area contributed by atoms with Gasteiger partial charge in [0.05, 0.1) is 11.5 Å². The average Bonchev–Trinajstić information content (AvgIpc) is 2.41. The van der Waals surface area contributed by atoms with Gasteiger partial charge in [0.2, 0.25) is 5.91 Å². The Hall–Kier alpha value is -1.88. The second kappa shape index (κ2) is 6.05. The van der Waals surface area contributed by atoms with Crippen molar-refractivity contribution in [3.05, 3.63) is 29.3 Å². The van der Waals surface area contributed by atoms with Gasteiger partial charge in [-0.1, -0.05) is 18.9 Å². The van der Waals surface area contributed by atoms with Crippen molar-refractivity contribution in [1.82, 2.24) is 0 Å². The van der Waals surface area contributed by atoms with E-state index in [9.17, 15) is 9.59 Å². The van der Waals surface area contributed by atoms with Crippen LogP contribution in [0.3, 0.4) is 0 Å². The van der Waals surface area contributed by atoms with E-state index in [4.69, 9.17) is 10.8 Å². The van der Waals surface area contributed by atoms with Crippen LogP contribution in [0.4, 0.5) is 5.69 Å². The van der Waals surface area contributed by atoms with Crippen LogP contribution in [0.15, 0.2) is 18.2 Å². The van der Waals surface area contributed by atoms with Crippen LogP contribution >= 0.6 is 0 Å². The Morgan fingerprint density at radius 2 is 2.00 bits per heavy atom. The zero-order valence-corrected chi connectivity index (χ0v) is 11.6. The van der Waals surface area contributed by atoms with E-state index in [1.54, 1.807) is 6.07 Å². The molecule has 20 heavy (non-hydrogen) atoms. The number of nitrogens with two attached hydrogens (primary N) is 1. The minimum atomic E-state index is -1.00. The summed E-state index contributed by atoms with van der Waals surface area (Å²) in [7, 11) is 0. The summed E-state index contributed by atoms with van der Waals surface area (Å²) < 4.78 is 0. The molecule has 108 valence electrons. The lowest BCUT2D eigenvalue weighted by molar-refractivity contribution is -0.121. The summed E-state index contributed by atoms with van der Waals surface area (Å²) >= 11 is 0.